The Hall–Kier alpha value is -3.17. The van der Waals surface area contributed by atoms with Crippen LogP contribution in [0.2, 0.25) is 0 Å². The second kappa shape index (κ2) is 8.97. The molecule has 128 valence electrons. The number of hydrogen-bond donors (Lipinski definition) is 6. The van der Waals surface area contributed by atoms with E-state index in [9.17, 15) is 29.7 Å². The first-order chi connectivity index (χ1) is 10.7. The predicted octanol–water partition coefficient (Wildman–Crippen LogP) is 0.00270. The monoisotopic (exact) mass is 330 g/mol. The molecular weight excluding hydrogens is 312 g/mol. The fraction of sp³-hybridized carbons (Fsp3) is 0.308. The number of nitrogens with two attached hydrogens (primary N) is 1. The maximum atomic E-state index is 11.1. The number of rotatable bonds is 6. The SMILES string of the molecule is CNc1c(OC)c(O)c(O)c(O)c1C(N)=O.O=CCCC(=O)O. The van der Waals surface area contributed by atoms with Crippen LogP contribution in [0.4, 0.5) is 5.69 Å². The van der Waals surface area contributed by atoms with Crippen LogP contribution in [0.25, 0.3) is 0 Å². The van der Waals surface area contributed by atoms with Crippen molar-refractivity contribution in [1.82, 2.24) is 0 Å². The Labute approximate surface area is 131 Å². The summed E-state index contributed by atoms with van der Waals surface area (Å²) in [6.07, 6.45) is 0.660. The molecule has 0 fully saturated rings. The number of primary amides is 1. The summed E-state index contributed by atoms with van der Waals surface area (Å²) >= 11 is 0. The summed E-state index contributed by atoms with van der Waals surface area (Å²) in [5.41, 5.74) is 4.70. The highest BCUT2D eigenvalue weighted by Gasteiger charge is 2.26. The van der Waals surface area contributed by atoms with E-state index in [1.807, 2.05) is 0 Å². The first kappa shape index (κ1) is 19.8. The third kappa shape index (κ3) is 4.95. The Kier molecular flexibility index (Phi) is 7.74. The van der Waals surface area contributed by atoms with Gasteiger partial charge in [0, 0.05) is 13.5 Å². The number of carboxylic acids is 1. The summed E-state index contributed by atoms with van der Waals surface area (Å²) < 4.78 is 4.80. The fourth-order valence-corrected chi connectivity index (χ4v) is 1.55. The van der Waals surface area contributed by atoms with Crippen molar-refractivity contribution in [2.24, 2.45) is 5.73 Å². The van der Waals surface area contributed by atoms with Crippen LogP contribution >= 0.6 is 0 Å². The highest BCUT2D eigenvalue weighted by molar-refractivity contribution is 6.04. The van der Waals surface area contributed by atoms with E-state index in [-0.39, 0.29) is 29.8 Å². The number of phenols is 3. The second-order valence-corrected chi connectivity index (χ2v) is 4.04. The van der Waals surface area contributed by atoms with Gasteiger partial charge in [-0.2, -0.15) is 0 Å². The van der Waals surface area contributed by atoms with E-state index in [0.717, 1.165) is 0 Å². The van der Waals surface area contributed by atoms with E-state index in [2.05, 4.69) is 5.32 Å². The number of benzene rings is 1. The molecule has 0 bridgehead atoms. The molecule has 0 radical (unpaired) electrons. The molecule has 10 nitrogen and oxygen atoms in total. The molecule has 0 saturated heterocycles. The van der Waals surface area contributed by atoms with Crippen LogP contribution in [0, 0.1) is 0 Å². The number of anilines is 1. The number of nitrogens with one attached hydrogen (secondary N) is 1. The molecule has 1 amide bonds. The summed E-state index contributed by atoms with van der Waals surface area (Å²) in [6.45, 7) is 0. The predicted molar refractivity (Wildman–Crippen MR) is 79.0 cm³/mol. The van der Waals surface area contributed by atoms with E-state index in [0.29, 0.717) is 6.29 Å². The van der Waals surface area contributed by atoms with Crippen LogP contribution in [0.3, 0.4) is 0 Å². The Balaban J connectivity index is 0.000000585. The van der Waals surface area contributed by atoms with Gasteiger partial charge < -0.3 is 41.0 Å². The summed E-state index contributed by atoms with van der Waals surface area (Å²) in [6, 6.07) is 0. The van der Waals surface area contributed by atoms with Gasteiger partial charge in [-0.25, -0.2) is 0 Å². The molecule has 0 aliphatic heterocycles. The van der Waals surface area contributed by atoms with Crippen molar-refractivity contribution < 1.29 is 39.5 Å². The molecule has 0 spiro atoms. The largest absolute Gasteiger partial charge is 0.504 e. The van der Waals surface area contributed by atoms with E-state index in [1.165, 1.54) is 14.2 Å². The lowest BCUT2D eigenvalue weighted by Gasteiger charge is -2.15. The van der Waals surface area contributed by atoms with Crippen molar-refractivity contribution in [1.29, 1.82) is 0 Å². The van der Waals surface area contributed by atoms with Gasteiger partial charge in [0.05, 0.1) is 19.2 Å². The molecule has 0 atom stereocenters. The number of hydrogen-bond acceptors (Lipinski definition) is 8. The molecule has 1 rings (SSSR count). The maximum absolute atomic E-state index is 11.1. The topological polar surface area (TPSA) is 179 Å². The Morgan fingerprint density at radius 3 is 2.09 bits per heavy atom. The summed E-state index contributed by atoms with van der Waals surface area (Å²) in [5, 5.41) is 38.7. The molecule has 10 heteroatoms. The van der Waals surface area contributed by atoms with Crippen molar-refractivity contribution in [2.45, 2.75) is 12.8 Å². The molecule has 0 heterocycles. The minimum Gasteiger partial charge on any atom is -0.504 e. The van der Waals surface area contributed by atoms with Gasteiger partial charge in [-0.3, -0.25) is 9.59 Å². The minimum atomic E-state index is -0.963. The van der Waals surface area contributed by atoms with Gasteiger partial charge in [0.2, 0.25) is 11.5 Å². The number of aromatic hydroxyl groups is 3. The Morgan fingerprint density at radius 2 is 1.78 bits per heavy atom. The standard InChI is InChI=1S/C9H12N2O5.C4H6O3/c1-11-4-3(9(10)15)5(12)6(13)7(14)8(4)16-2;5-3-1-2-4(6)7/h11-14H,1-2H3,(H2,10,15);3H,1-2H2,(H,6,7). The van der Waals surface area contributed by atoms with E-state index >= 15 is 0 Å². The van der Waals surface area contributed by atoms with Gasteiger partial charge in [-0.05, 0) is 0 Å². The number of carboxylic acid groups (broad SMARTS) is 1. The number of aldehydes is 1. The van der Waals surface area contributed by atoms with Crippen LogP contribution in [0.5, 0.6) is 23.0 Å². The number of methoxy groups -OCH3 is 1. The summed E-state index contributed by atoms with van der Waals surface area (Å²) in [5.74, 6) is -4.39. The van der Waals surface area contributed by atoms with Gasteiger partial charge in [0.15, 0.2) is 11.5 Å². The highest BCUT2D eigenvalue weighted by Crippen LogP contribution is 2.50. The number of amides is 1. The third-order valence-electron chi connectivity index (χ3n) is 2.55. The van der Waals surface area contributed by atoms with E-state index in [1.54, 1.807) is 0 Å². The highest BCUT2D eigenvalue weighted by atomic mass is 16.5. The van der Waals surface area contributed by atoms with Gasteiger partial charge in [0.25, 0.3) is 5.91 Å². The maximum Gasteiger partial charge on any atom is 0.303 e. The summed E-state index contributed by atoms with van der Waals surface area (Å²) in [4.78, 5) is 30.2. The normalized spacial score (nSPS) is 9.30. The second-order valence-electron chi connectivity index (χ2n) is 4.04. The van der Waals surface area contributed by atoms with Crippen LogP contribution in [-0.2, 0) is 9.59 Å². The first-order valence-electron chi connectivity index (χ1n) is 6.20. The quantitative estimate of drug-likeness (QED) is 0.238. The lowest BCUT2D eigenvalue weighted by molar-refractivity contribution is -0.137. The molecule has 0 unspecified atom stereocenters. The average Bonchev–Trinajstić information content (AvgIpc) is 2.50. The fourth-order valence-electron chi connectivity index (χ4n) is 1.55. The Bertz CT molecular complexity index is 600. The minimum absolute atomic E-state index is 0.00259. The number of carbonyl (C=O) groups is 3. The van der Waals surface area contributed by atoms with E-state index < -0.39 is 29.1 Å². The molecule has 0 aliphatic carbocycles. The van der Waals surface area contributed by atoms with Crippen LogP contribution in [0.1, 0.15) is 23.2 Å². The van der Waals surface area contributed by atoms with Gasteiger partial charge in [0.1, 0.15) is 11.8 Å². The molecule has 0 aromatic heterocycles. The smallest absolute Gasteiger partial charge is 0.303 e. The van der Waals surface area contributed by atoms with Crippen molar-refractivity contribution in [3.8, 4) is 23.0 Å². The van der Waals surface area contributed by atoms with Crippen molar-refractivity contribution in [3.63, 3.8) is 0 Å². The lowest BCUT2D eigenvalue weighted by Crippen LogP contribution is -2.14. The molecule has 1 aromatic rings. The zero-order valence-corrected chi connectivity index (χ0v) is 12.5. The summed E-state index contributed by atoms with van der Waals surface area (Å²) in [7, 11) is 2.68. The lowest BCUT2D eigenvalue weighted by atomic mass is 10.1. The molecule has 1 aromatic carbocycles. The van der Waals surface area contributed by atoms with Gasteiger partial charge >= 0.3 is 5.97 Å². The molecule has 23 heavy (non-hydrogen) atoms. The zero-order valence-electron chi connectivity index (χ0n) is 12.5. The Morgan fingerprint density at radius 1 is 1.22 bits per heavy atom. The molecular formula is C13H18N2O8. The van der Waals surface area contributed by atoms with Crippen molar-refractivity contribution in [3.05, 3.63) is 5.56 Å². The van der Waals surface area contributed by atoms with Crippen LogP contribution in [0.15, 0.2) is 0 Å². The average molecular weight is 330 g/mol. The molecule has 0 aliphatic rings. The van der Waals surface area contributed by atoms with Gasteiger partial charge in [-0.15, -0.1) is 0 Å². The zero-order chi connectivity index (χ0) is 18.2. The molecule has 7 N–H and O–H groups in total. The van der Waals surface area contributed by atoms with Crippen molar-refractivity contribution in [2.75, 3.05) is 19.5 Å². The van der Waals surface area contributed by atoms with E-state index in [4.69, 9.17) is 15.6 Å². The van der Waals surface area contributed by atoms with Crippen molar-refractivity contribution >= 4 is 23.9 Å². The first-order valence-corrected chi connectivity index (χ1v) is 6.20. The van der Waals surface area contributed by atoms with Crippen LogP contribution < -0.4 is 15.8 Å². The molecule has 0 saturated carbocycles. The number of ether oxygens (including phenoxy) is 1. The number of aliphatic carboxylic acids is 1. The van der Waals surface area contributed by atoms with Gasteiger partial charge in [-0.1, -0.05) is 0 Å². The number of phenolic OH excluding ortho intramolecular Hbond substituents is 2. The number of carbonyl (C=O) groups excluding carboxylic acids is 2. The third-order valence-corrected chi connectivity index (χ3v) is 2.55. The van der Waals surface area contributed by atoms with Crippen LogP contribution in [-0.4, -0.2) is 52.7 Å².